The summed E-state index contributed by atoms with van der Waals surface area (Å²) in [6, 6.07) is 8.05. The fourth-order valence-electron chi connectivity index (χ4n) is 6.61. The molecule has 3 aliphatic heterocycles. The van der Waals surface area contributed by atoms with Crippen molar-refractivity contribution >= 4 is 17.6 Å². The molecule has 5 unspecified atom stereocenters. The maximum absolute atomic E-state index is 13.5. The molecule has 4 aliphatic rings. The van der Waals surface area contributed by atoms with E-state index < -0.39 is 16.8 Å². The van der Waals surface area contributed by atoms with Crippen LogP contribution in [0.4, 0.5) is 5.69 Å². The Morgan fingerprint density at radius 2 is 2.23 bits per heavy atom. The predicted molar refractivity (Wildman–Crippen MR) is 96.7 cm³/mol. The second-order valence-corrected chi connectivity index (χ2v) is 8.06. The number of esters is 1. The van der Waals surface area contributed by atoms with E-state index in [4.69, 9.17) is 4.74 Å². The highest BCUT2D eigenvalue weighted by Crippen LogP contribution is 2.68. The normalized spacial score (nSPS) is 41.7. The van der Waals surface area contributed by atoms with E-state index in [1.165, 1.54) is 12.0 Å². The third-order valence-corrected chi connectivity index (χ3v) is 7.38. The average molecular weight is 351 g/mol. The average Bonchev–Trinajstić information content (AvgIpc) is 3.19. The van der Waals surface area contributed by atoms with Crippen LogP contribution in [0.5, 0.6) is 0 Å². The minimum atomic E-state index is -1.22. The zero-order valence-electron chi connectivity index (χ0n) is 14.9. The maximum Gasteiger partial charge on any atom is 0.322 e. The molecule has 0 bridgehead atoms. The number of rotatable bonds is 2. The van der Waals surface area contributed by atoms with Gasteiger partial charge in [0.1, 0.15) is 6.04 Å². The standard InChI is InChI=1S/C21H22N2O3/c1-3-19-9-6-11-23-12-10-20(16(19)23)14-7-4-5-8-15(14)22-17(24)21(20,13-19)18(25)26-2/h3-9,16H,1,10-13H2,2H3,(H,22,24)/p+1. The van der Waals surface area contributed by atoms with Gasteiger partial charge >= 0.3 is 5.97 Å². The lowest BCUT2D eigenvalue weighted by atomic mass is 9.57. The molecule has 1 spiro atoms. The second kappa shape index (κ2) is 4.86. The SMILES string of the molecule is C=CC12C=CC[NH+]3CCC4(c5ccccc5NC(=O)C4(C(=O)OC)C1)C32. The zero-order valence-corrected chi connectivity index (χ0v) is 14.9. The number of hydrogen-bond acceptors (Lipinski definition) is 3. The minimum Gasteiger partial charge on any atom is -0.468 e. The molecular formula is C21H23N2O3+. The van der Waals surface area contributed by atoms with Gasteiger partial charge < -0.3 is 15.0 Å². The van der Waals surface area contributed by atoms with Gasteiger partial charge in [0.2, 0.25) is 5.91 Å². The Hall–Kier alpha value is -2.40. The van der Waals surface area contributed by atoms with E-state index in [9.17, 15) is 9.59 Å². The fraction of sp³-hybridized carbons (Fsp3) is 0.429. The number of ether oxygens (including phenoxy) is 1. The molecule has 1 amide bonds. The van der Waals surface area contributed by atoms with Crippen molar-refractivity contribution in [2.45, 2.75) is 24.3 Å². The number of carbonyl (C=O) groups is 2. The van der Waals surface area contributed by atoms with Crippen LogP contribution in [0.3, 0.4) is 0 Å². The molecule has 1 aromatic rings. The smallest absolute Gasteiger partial charge is 0.322 e. The molecule has 26 heavy (non-hydrogen) atoms. The van der Waals surface area contributed by atoms with Crippen LogP contribution in [0.25, 0.3) is 0 Å². The summed E-state index contributed by atoms with van der Waals surface area (Å²) < 4.78 is 5.25. The lowest BCUT2D eigenvalue weighted by Crippen LogP contribution is -3.16. The molecule has 2 fully saturated rings. The first-order chi connectivity index (χ1) is 12.6. The van der Waals surface area contributed by atoms with E-state index in [0.717, 1.165) is 30.8 Å². The maximum atomic E-state index is 13.5. The number of amides is 1. The van der Waals surface area contributed by atoms with Crippen molar-refractivity contribution in [3.63, 3.8) is 0 Å². The molecule has 0 aromatic heterocycles. The van der Waals surface area contributed by atoms with Gasteiger partial charge in [0.25, 0.3) is 0 Å². The Labute approximate surface area is 152 Å². The minimum absolute atomic E-state index is 0.115. The molecule has 5 atom stereocenters. The van der Waals surface area contributed by atoms with E-state index in [1.54, 1.807) is 0 Å². The summed E-state index contributed by atoms with van der Waals surface area (Å²) in [5, 5.41) is 3.01. The first-order valence-corrected chi connectivity index (χ1v) is 9.21. The van der Waals surface area contributed by atoms with Crippen LogP contribution >= 0.6 is 0 Å². The molecule has 1 aromatic carbocycles. The van der Waals surface area contributed by atoms with Crippen LogP contribution in [-0.4, -0.2) is 38.1 Å². The highest BCUT2D eigenvalue weighted by Gasteiger charge is 2.82. The molecule has 5 heteroatoms. The van der Waals surface area contributed by atoms with Gasteiger partial charge in [0.05, 0.1) is 31.0 Å². The summed E-state index contributed by atoms with van der Waals surface area (Å²) in [5.74, 6) is -0.650. The third kappa shape index (κ3) is 1.45. The van der Waals surface area contributed by atoms with Crippen LogP contribution in [0, 0.1) is 10.8 Å². The predicted octanol–water partition coefficient (Wildman–Crippen LogP) is 0.839. The van der Waals surface area contributed by atoms with E-state index in [0.29, 0.717) is 6.42 Å². The summed E-state index contributed by atoms with van der Waals surface area (Å²) in [6.45, 7) is 5.97. The zero-order chi connectivity index (χ0) is 18.2. The number of hydrogen-bond donors (Lipinski definition) is 2. The summed E-state index contributed by atoms with van der Waals surface area (Å²) in [7, 11) is 1.39. The summed E-state index contributed by atoms with van der Waals surface area (Å²) in [4.78, 5) is 28.1. The van der Waals surface area contributed by atoms with E-state index >= 15 is 0 Å². The summed E-state index contributed by atoms with van der Waals surface area (Å²) in [5.41, 5.74) is -0.261. The van der Waals surface area contributed by atoms with Gasteiger partial charge in [-0.25, -0.2) is 0 Å². The van der Waals surface area contributed by atoms with Gasteiger partial charge in [-0.3, -0.25) is 9.59 Å². The Morgan fingerprint density at radius 3 is 3.00 bits per heavy atom. The molecule has 3 heterocycles. The number of benzene rings is 1. The number of para-hydroxylation sites is 1. The van der Waals surface area contributed by atoms with Crippen molar-refractivity contribution in [2.24, 2.45) is 10.8 Å². The van der Waals surface area contributed by atoms with Gasteiger partial charge in [0, 0.05) is 12.1 Å². The van der Waals surface area contributed by atoms with Crippen molar-refractivity contribution < 1.29 is 19.2 Å². The Balaban J connectivity index is 1.90. The van der Waals surface area contributed by atoms with Gasteiger partial charge in [0.15, 0.2) is 5.41 Å². The molecule has 5 nitrogen and oxygen atoms in total. The molecule has 0 radical (unpaired) electrons. The van der Waals surface area contributed by atoms with Crippen molar-refractivity contribution in [2.75, 3.05) is 25.5 Å². The highest BCUT2D eigenvalue weighted by atomic mass is 16.5. The van der Waals surface area contributed by atoms with Crippen molar-refractivity contribution in [3.8, 4) is 0 Å². The Bertz CT molecular complexity index is 878. The first-order valence-electron chi connectivity index (χ1n) is 9.21. The molecule has 5 rings (SSSR count). The Morgan fingerprint density at radius 1 is 1.42 bits per heavy atom. The van der Waals surface area contributed by atoms with Gasteiger partial charge in [-0.1, -0.05) is 30.4 Å². The van der Waals surface area contributed by atoms with E-state index in [2.05, 4.69) is 30.1 Å². The van der Waals surface area contributed by atoms with Gasteiger partial charge in [-0.15, -0.1) is 6.58 Å². The van der Waals surface area contributed by atoms with E-state index in [1.807, 2.05) is 24.3 Å². The molecule has 134 valence electrons. The van der Waals surface area contributed by atoms with Crippen molar-refractivity contribution in [1.82, 2.24) is 0 Å². The van der Waals surface area contributed by atoms with Crippen LogP contribution in [0.2, 0.25) is 0 Å². The number of carbonyl (C=O) groups excluding carboxylic acids is 2. The van der Waals surface area contributed by atoms with Gasteiger partial charge in [-0.2, -0.15) is 0 Å². The number of anilines is 1. The molecule has 1 saturated carbocycles. The largest absolute Gasteiger partial charge is 0.468 e. The summed E-state index contributed by atoms with van der Waals surface area (Å²) >= 11 is 0. The number of nitrogens with one attached hydrogen (secondary N) is 2. The lowest BCUT2D eigenvalue weighted by Gasteiger charge is -2.46. The quantitative estimate of drug-likeness (QED) is 0.472. The number of fused-ring (bicyclic) bond motifs is 1. The molecule has 2 N–H and O–H groups in total. The molecular weight excluding hydrogens is 328 g/mol. The number of methoxy groups -OCH3 is 1. The second-order valence-electron chi connectivity index (χ2n) is 8.06. The van der Waals surface area contributed by atoms with Crippen LogP contribution in [0.15, 0.2) is 49.1 Å². The van der Waals surface area contributed by atoms with E-state index in [-0.39, 0.29) is 17.4 Å². The molecule has 1 saturated heterocycles. The fourth-order valence-corrected chi connectivity index (χ4v) is 6.61. The van der Waals surface area contributed by atoms with Crippen molar-refractivity contribution in [1.29, 1.82) is 0 Å². The van der Waals surface area contributed by atoms with Crippen LogP contribution in [-0.2, 0) is 19.7 Å². The highest BCUT2D eigenvalue weighted by molar-refractivity contribution is 6.14. The Kier molecular flexibility index (Phi) is 2.96. The lowest BCUT2D eigenvalue weighted by molar-refractivity contribution is -0.915. The molecule has 1 aliphatic carbocycles. The van der Waals surface area contributed by atoms with Crippen LogP contribution < -0.4 is 10.2 Å². The summed E-state index contributed by atoms with van der Waals surface area (Å²) in [6.07, 6.45) is 7.53. The van der Waals surface area contributed by atoms with Gasteiger partial charge in [-0.05, 0) is 24.1 Å². The van der Waals surface area contributed by atoms with Crippen LogP contribution in [0.1, 0.15) is 18.4 Å². The third-order valence-electron chi connectivity index (χ3n) is 7.38. The topological polar surface area (TPSA) is 59.8 Å². The van der Waals surface area contributed by atoms with Crippen molar-refractivity contribution in [3.05, 3.63) is 54.6 Å². The monoisotopic (exact) mass is 351 g/mol. The first kappa shape index (κ1) is 15.8. The number of quaternary nitrogens is 1.